The number of benzene rings is 3. The normalized spacial score (nSPS) is 26.2. The fourth-order valence-electron chi connectivity index (χ4n) is 3.97. The largest absolute Gasteiger partial charge is 0.416 e. The van der Waals surface area contributed by atoms with Gasteiger partial charge in [-0.25, -0.2) is 4.39 Å². The second-order valence-electron chi connectivity index (χ2n) is 9.27. The maximum Gasteiger partial charge on any atom is 0.416 e. The Labute approximate surface area is 313 Å². The molecule has 11 heteroatoms. The van der Waals surface area contributed by atoms with Crippen LogP contribution in [0.4, 0.5) is 17.6 Å². The Kier molecular flexibility index (Phi) is 4.64. The van der Waals surface area contributed by atoms with E-state index in [1.807, 2.05) is 0 Å². The molecular formula is C36H38F4N4O2S. The van der Waals surface area contributed by atoms with Gasteiger partial charge in [0.2, 0.25) is 5.91 Å². The number of halogens is 4. The number of carbonyl (C=O) groups is 1. The maximum absolute atomic E-state index is 15.3. The molecule has 1 amide bonds. The highest BCUT2D eigenvalue weighted by atomic mass is 32.2. The quantitative estimate of drug-likeness (QED) is 0.0842. The molecule has 0 N–H and O–H groups in total. The number of likely N-dealkylation sites (N-methyl/N-ethyl adjacent to an activating group) is 1. The fourth-order valence-corrected chi connectivity index (χ4v) is 4.80. The Hall–Kier alpha value is -3.96. The molecule has 0 radical (unpaired) electrons. The van der Waals surface area contributed by atoms with Gasteiger partial charge >= 0.3 is 6.18 Å². The van der Waals surface area contributed by atoms with Crippen molar-refractivity contribution in [3.63, 3.8) is 0 Å². The van der Waals surface area contributed by atoms with Crippen LogP contribution in [0.5, 0.6) is 0 Å². The summed E-state index contributed by atoms with van der Waals surface area (Å²) >= 11 is -0.0375. The van der Waals surface area contributed by atoms with Crippen LogP contribution < -0.4 is 5.56 Å². The molecule has 0 bridgehead atoms. The first kappa shape index (κ1) is 14.3. The van der Waals surface area contributed by atoms with E-state index in [9.17, 15) is 27.8 Å². The Morgan fingerprint density at radius 3 is 2.30 bits per heavy atom. The summed E-state index contributed by atoms with van der Waals surface area (Å²) in [5, 5.41) is -1.30. The van der Waals surface area contributed by atoms with Crippen molar-refractivity contribution in [2.75, 3.05) is 26.0 Å². The molecule has 1 aliphatic carbocycles. The molecule has 0 unspecified atom stereocenters. The van der Waals surface area contributed by atoms with Gasteiger partial charge in [-0.15, -0.1) is 0 Å². The van der Waals surface area contributed by atoms with Gasteiger partial charge < -0.3 is 14.4 Å². The van der Waals surface area contributed by atoms with E-state index in [1.54, 1.807) is 0 Å². The second kappa shape index (κ2) is 15.3. The number of alkyl halides is 3. The molecule has 248 valence electrons. The van der Waals surface area contributed by atoms with Crippen molar-refractivity contribution in [2.45, 2.75) is 62.9 Å². The standard InChI is InChI=1S/C36H38F4N4O2S/c1-3-42(4-2)20-21-43(22-25-8-12-27(13-9-25)28-14-16-29(17-15-28)36(38,39)40)33(45)23-44-32-7-5-6-31(32)34(46)41-35(44)47-24-26-10-18-30(37)19-11-26/h8-19H,3-7,20-24H2,1-2H3/i1D3,2D3,3D2,4D2,5D2,6D2,7D2,10D,11D,18D,19D,20D2,21D2,23D2. The van der Waals surface area contributed by atoms with Crippen molar-refractivity contribution in [1.82, 2.24) is 19.4 Å². The number of carbonyl (C=O) groups excluding carboxylic acids is 1. The number of thioether (sulfide) groups is 1. The van der Waals surface area contributed by atoms with Crippen molar-refractivity contribution in [1.29, 1.82) is 0 Å². The monoisotopic (exact) mass is 692 g/mol. The van der Waals surface area contributed by atoms with E-state index in [-0.39, 0.29) is 27.5 Å². The summed E-state index contributed by atoms with van der Waals surface area (Å²) in [5.74, 6) is -5.17. The van der Waals surface area contributed by atoms with Gasteiger partial charge in [0, 0.05) is 61.2 Å². The van der Waals surface area contributed by atoms with E-state index in [1.165, 1.54) is 0 Å². The lowest BCUT2D eigenvalue weighted by atomic mass is 10.0. The average molecular weight is 693 g/mol. The average Bonchev–Trinajstić information content (AvgIpc) is 3.35. The van der Waals surface area contributed by atoms with Gasteiger partial charge in [0.25, 0.3) is 5.56 Å². The molecule has 0 saturated carbocycles. The molecule has 4 aromatic rings. The molecule has 0 aliphatic heterocycles. The molecule has 1 aromatic heterocycles. The first-order chi connectivity index (χ1) is 32.6. The van der Waals surface area contributed by atoms with Crippen LogP contribution in [0.3, 0.4) is 0 Å². The van der Waals surface area contributed by atoms with Gasteiger partial charge in [-0.3, -0.25) is 9.59 Å². The number of fused-ring (bicyclic) bond motifs is 1. The third kappa shape index (κ3) is 8.70. The van der Waals surface area contributed by atoms with Crippen LogP contribution in [0.15, 0.2) is 82.7 Å². The molecule has 6 nitrogen and oxygen atoms in total. The Morgan fingerprint density at radius 2 is 1.66 bits per heavy atom. The molecule has 0 fully saturated rings. The third-order valence-corrected chi connectivity index (χ3v) is 7.20. The lowest BCUT2D eigenvalue weighted by molar-refractivity contribution is -0.137. The van der Waals surface area contributed by atoms with Crippen LogP contribution in [0.25, 0.3) is 11.1 Å². The Balaban J connectivity index is 1.85. The van der Waals surface area contributed by atoms with Gasteiger partial charge in [-0.05, 0) is 78.6 Å². The minimum atomic E-state index is -4.82. The van der Waals surface area contributed by atoms with Gasteiger partial charge in [0.1, 0.15) is 12.3 Å². The van der Waals surface area contributed by atoms with Crippen LogP contribution >= 0.6 is 11.8 Å². The topological polar surface area (TPSA) is 58.4 Å². The van der Waals surface area contributed by atoms with Crippen LogP contribution in [0, 0.1) is 5.82 Å². The zero-order chi connectivity index (χ0) is 56.4. The van der Waals surface area contributed by atoms with Crippen LogP contribution in [0.2, 0.25) is 0 Å². The van der Waals surface area contributed by atoms with Crippen molar-refractivity contribution < 1.29 is 58.0 Å². The number of aromatic nitrogens is 2. The summed E-state index contributed by atoms with van der Waals surface area (Å²) in [7, 11) is 0. The van der Waals surface area contributed by atoms with E-state index < -0.39 is 168 Å². The number of rotatable bonds is 13. The number of amides is 1. The highest BCUT2D eigenvalue weighted by Gasteiger charge is 2.30. The number of hydrogen-bond donors (Lipinski definition) is 0. The van der Waals surface area contributed by atoms with Crippen LogP contribution in [0.1, 0.15) is 83.7 Å². The number of nitrogens with zero attached hydrogens (tertiary/aromatic N) is 4. The molecule has 0 atom stereocenters. The highest BCUT2D eigenvalue weighted by Crippen LogP contribution is 2.31. The van der Waals surface area contributed by atoms with Gasteiger partial charge in [-0.1, -0.05) is 73.9 Å². The van der Waals surface area contributed by atoms with Crippen molar-refractivity contribution in [2.24, 2.45) is 0 Å². The highest BCUT2D eigenvalue weighted by molar-refractivity contribution is 7.98. The van der Waals surface area contributed by atoms with Crippen molar-refractivity contribution >= 4 is 17.7 Å². The summed E-state index contributed by atoms with van der Waals surface area (Å²) in [6, 6.07) is 3.19. The lowest BCUT2D eigenvalue weighted by Gasteiger charge is -2.28. The first-order valence-corrected chi connectivity index (χ1v) is 14.0. The molecule has 1 heterocycles. The SMILES string of the molecule is [2H]c1c([2H])c(CSc2nc(=O)c3c(n2C([2H])([2H])C(=O)N(Cc2ccc(-c4ccc(C(F)(F)F)cc4)cc2)C([2H])([2H])C([2H])([2H])N(C([2H])([2H])C([2H])([2H])[2H])C([2H])([2H])C([2H])([2H])[2H])C([2H])([2H])C([2H])([2H])C3([2H])[2H])c([2H])c([2H])c1F. The predicted molar refractivity (Wildman–Crippen MR) is 177 cm³/mol. The molecule has 3 aromatic carbocycles. The summed E-state index contributed by atoms with van der Waals surface area (Å²) in [6.07, 6.45) is -16.3. The zero-order valence-electron chi connectivity index (χ0n) is 49.6. The minimum Gasteiger partial charge on any atom is -0.336 e. The summed E-state index contributed by atoms with van der Waals surface area (Å²) in [5.41, 5.74) is -6.98. The molecular weight excluding hydrogens is 628 g/mol. The summed E-state index contributed by atoms with van der Waals surface area (Å²) in [6.45, 7) is -33.1. The predicted octanol–water partition coefficient (Wildman–Crippen LogP) is 7.22. The van der Waals surface area contributed by atoms with Gasteiger partial charge in [0.15, 0.2) is 5.16 Å². The molecule has 0 saturated heterocycles. The van der Waals surface area contributed by atoms with Gasteiger partial charge in [0.05, 0.1) is 16.5 Å². The van der Waals surface area contributed by atoms with E-state index in [0.717, 1.165) is 48.5 Å². The van der Waals surface area contributed by atoms with Gasteiger partial charge in [-0.2, -0.15) is 18.2 Å². The lowest BCUT2D eigenvalue weighted by Crippen LogP contribution is -2.40. The number of hydrogen-bond acceptors (Lipinski definition) is 5. The zero-order valence-corrected chi connectivity index (χ0v) is 24.4. The molecule has 0 spiro atoms. The van der Waals surface area contributed by atoms with Crippen molar-refractivity contribution in [3.05, 3.63) is 117 Å². The molecule has 1 aliphatic rings. The van der Waals surface area contributed by atoms with Crippen LogP contribution in [-0.2, 0) is 42.5 Å². The smallest absolute Gasteiger partial charge is 0.336 e. The maximum atomic E-state index is 15.3. The Bertz CT molecular complexity index is 2820. The Morgan fingerprint density at radius 1 is 1.00 bits per heavy atom. The first-order valence-electron chi connectivity index (χ1n) is 26.1. The fraction of sp³-hybridized carbons (Fsp3) is 0.361. The van der Waals surface area contributed by atoms with Crippen LogP contribution in [-0.4, -0.2) is 51.2 Å². The third-order valence-electron chi connectivity index (χ3n) is 6.24. The summed E-state index contributed by atoms with van der Waals surface area (Å²) in [4.78, 5) is 30.8. The molecule has 47 heavy (non-hydrogen) atoms. The van der Waals surface area contributed by atoms with E-state index >= 15 is 4.79 Å². The molecule has 5 rings (SSSR count). The van der Waals surface area contributed by atoms with E-state index in [0.29, 0.717) is 0 Å². The van der Waals surface area contributed by atoms with E-state index in [2.05, 4.69) is 4.98 Å². The minimum absolute atomic E-state index is 0.0375. The second-order valence-corrected chi connectivity index (χ2v) is 10.2. The van der Waals surface area contributed by atoms with E-state index in [4.69, 9.17) is 30.2 Å². The summed E-state index contributed by atoms with van der Waals surface area (Å²) < 4.78 is 273. The van der Waals surface area contributed by atoms with Crippen molar-refractivity contribution in [3.8, 4) is 11.1 Å².